The van der Waals surface area contributed by atoms with Crippen LogP contribution in [0.4, 0.5) is 9.59 Å². The average Bonchev–Trinajstić information content (AvgIpc) is 2.58. The van der Waals surface area contributed by atoms with E-state index in [2.05, 4.69) is 10.3 Å². The summed E-state index contributed by atoms with van der Waals surface area (Å²) in [6.45, 7) is 7.80. The second-order valence-corrected chi connectivity index (χ2v) is 11.2. The second kappa shape index (κ2) is 11.9. The quantitative estimate of drug-likeness (QED) is 0.169. The summed E-state index contributed by atoms with van der Waals surface area (Å²) in [6, 6.07) is 0. The maximum absolute atomic E-state index is 11.8. The molecule has 0 aromatic carbocycles. The van der Waals surface area contributed by atoms with Crippen LogP contribution in [0.5, 0.6) is 0 Å². The maximum Gasteiger partial charge on any atom is 0.446 e. The summed E-state index contributed by atoms with van der Waals surface area (Å²) in [5.74, 6) is 0. The molecule has 0 aliphatic heterocycles. The first-order valence-electron chi connectivity index (χ1n) is 7.37. The summed E-state index contributed by atoms with van der Waals surface area (Å²) in [6.07, 6.45) is 5.67. The summed E-state index contributed by atoms with van der Waals surface area (Å²) in [5, 5.41) is 7.37. The van der Waals surface area contributed by atoms with Crippen molar-refractivity contribution in [2.45, 2.75) is 37.2 Å². The number of rotatable bonds is 9. The minimum absolute atomic E-state index is 0.226. The number of oxime groups is 2. The Hall–Kier alpha value is -0.720. The van der Waals surface area contributed by atoms with Gasteiger partial charge in [-0.25, -0.2) is 18.2 Å². The number of nitrogens with zero attached hydrogens (tertiary/aromatic N) is 4. The summed E-state index contributed by atoms with van der Waals surface area (Å²) >= 11 is 3.16. The van der Waals surface area contributed by atoms with Crippen molar-refractivity contribution >= 4 is 70.1 Å². The molecule has 0 aliphatic rings. The SMILES string of the molecule is CSC(C)(C)C=NOC(=O)N(C)SSN(C)C(=O)ON=CC(C)(C)SC. The van der Waals surface area contributed by atoms with Gasteiger partial charge in [0.1, 0.15) is 0 Å². The number of thioether (sulfide) groups is 2. The topological polar surface area (TPSA) is 83.8 Å². The molecule has 0 bridgehead atoms. The van der Waals surface area contributed by atoms with Gasteiger partial charge in [0.15, 0.2) is 0 Å². The van der Waals surface area contributed by atoms with Crippen LogP contribution in [0, 0.1) is 0 Å². The average molecular weight is 443 g/mol. The minimum Gasteiger partial charge on any atom is -0.298 e. The molecule has 0 spiro atoms. The zero-order chi connectivity index (χ0) is 20.4. The zero-order valence-corrected chi connectivity index (χ0v) is 19.5. The highest BCUT2D eigenvalue weighted by Crippen LogP contribution is 2.28. The van der Waals surface area contributed by atoms with Crippen LogP contribution in [-0.2, 0) is 9.68 Å². The molecule has 0 rings (SSSR count). The molecule has 0 aliphatic carbocycles. The lowest BCUT2D eigenvalue weighted by atomic mass is 10.2. The maximum atomic E-state index is 11.8. The molecule has 2 amide bonds. The standard InChI is InChI=1S/C14H26N4O4S4/c1-13(2,23-7)9-15-21-11(19)17(5)25-26-18(6)12(20)22-16-10-14(3,4)24-8/h9-10H,1-8H3. The van der Waals surface area contributed by atoms with Crippen molar-refractivity contribution in [3.63, 3.8) is 0 Å². The van der Waals surface area contributed by atoms with Crippen molar-refractivity contribution in [1.82, 2.24) is 8.61 Å². The second-order valence-electron chi connectivity index (χ2n) is 5.94. The molecule has 0 N–H and O–H groups in total. The normalized spacial score (nSPS) is 12.5. The van der Waals surface area contributed by atoms with Gasteiger partial charge >= 0.3 is 12.2 Å². The molecule has 0 heterocycles. The Bertz CT molecular complexity index is 483. The molecule has 26 heavy (non-hydrogen) atoms. The van der Waals surface area contributed by atoms with E-state index >= 15 is 0 Å². The smallest absolute Gasteiger partial charge is 0.298 e. The molecule has 0 aromatic heterocycles. The number of amides is 2. The molecule has 0 saturated heterocycles. The summed E-state index contributed by atoms with van der Waals surface area (Å²) < 4.78 is 1.96. The number of hydrogen-bond donors (Lipinski definition) is 0. The Kier molecular flexibility index (Phi) is 11.6. The fourth-order valence-electron chi connectivity index (χ4n) is 0.778. The largest absolute Gasteiger partial charge is 0.446 e. The monoisotopic (exact) mass is 442 g/mol. The van der Waals surface area contributed by atoms with Gasteiger partial charge in [-0.1, -0.05) is 10.3 Å². The molecular weight excluding hydrogens is 416 g/mol. The van der Waals surface area contributed by atoms with Crippen LogP contribution in [0.3, 0.4) is 0 Å². The minimum atomic E-state index is -0.655. The summed E-state index contributed by atoms with van der Waals surface area (Å²) in [5.41, 5.74) is 0. The molecule has 12 heteroatoms. The molecule has 0 atom stereocenters. The summed E-state index contributed by atoms with van der Waals surface area (Å²) in [4.78, 5) is 33.2. The molecule has 0 unspecified atom stereocenters. The van der Waals surface area contributed by atoms with E-state index in [4.69, 9.17) is 9.68 Å². The van der Waals surface area contributed by atoms with Gasteiger partial charge in [-0.15, -0.1) is 0 Å². The fraction of sp³-hybridized carbons (Fsp3) is 0.714. The fourth-order valence-corrected chi connectivity index (χ4v) is 2.43. The van der Waals surface area contributed by atoms with Gasteiger partial charge < -0.3 is 0 Å². The van der Waals surface area contributed by atoms with Crippen molar-refractivity contribution in [3.8, 4) is 0 Å². The van der Waals surface area contributed by atoms with Crippen molar-refractivity contribution in [3.05, 3.63) is 0 Å². The lowest BCUT2D eigenvalue weighted by Gasteiger charge is -2.18. The lowest BCUT2D eigenvalue weighted by Crippen LogP contribution is -2.23. The van der Waals surface area contributed by atoms with Gasteiger partial charge in [-0.05, 0) is 40.2 Å². The van der Waals surface area contributed by atoms with E-state index in [1.54, 1.807) is 36.0 Å². The van der Waals surface area contributed by atoms with Crippen LogP contribution in [-0.4, -0.2) is 69.3 Å². The Balaban J connectivity index is 4.30. The lowest BCUT2D eigenvalue weighted by molar-refractivity contribution is 0.136. The molecule has 150 valence electrons. The van der Waals surface area contributed by atoms with E-state index in [0.717, 1.165) is 22.0 Å². The van der Waals surface area contributed by atoms with Crippen LogP contribution >= 0.6 is 45.5 Å². The Morgan fingerprint density at radius 2 is 1.12 bits per heavy atom. The predicted molar refractivity (Wildman–Crippen MR) is 116 cm³/mol. The third-order valence-corrected chi connectivity index (χ3v) is 7.48. The van der Waals surface area contributed by atoms with Crippen LogP contribution in [0.15, 0.2) is 10.3 Å². The highest BCUT2D eigenvalue weighted by atomic mass is 33.1. The third-order valence-electron chi connectivity index (χ3n) is 2.81. The van der Waals surface area contributed by atoms with Crippen molar-refractivity contribution in [2.24, 2.45) is 10.3 Å². The Morgan fingerprint density at radius 1 is 0.808 bits per heavy atom. The van der Waals surface area contributed by atoms with E-state index in [-0.39, 0.29) is 9.49 Å². The molecule has 0 radical (unpaired) electrons. The van der Waals surface area contributed by atoms with Crippen molar-refractivity contribution in [1.29, 1.82) is 0 Å². The first-order valence-corrected chi connectivity index (χ1v) is 11.9. The first kappa shape index (κ1) is 25.3. The van der Waals surface area contributed by atoms with Crippen LogP contribution in [0.1, 0.15) is 27.7 Å². The van der Waals surface area contributed by atoms with Crippen LogP contribution in [0.2, 0.25) is 0 Å². The van der Waals surface area contributed by atoms with Gasteiger partial charge in [0.2, 0.25) is 0 Å². The van der Waals surface area contributed by atoms with Gasteiger partial charge in [-0.2, -0.15) is 23.5 Å². The molecular formula is C14H26N4O4S4. The molecule has 0 saturated carbocycles. The van der Waals surface area contributed by atoms with Crippen molar-refractivity contribution in [2.75, 3.05) is 26.6 Å². The van der Waals surface area contributed by atoms with Gasteiger partial charge in [-0.3, -0.25) is 9.68 Å². The van der Waals surface area contributed by atoms with Crippen molar-refractivity contribution < 1.29 is 19.3 Å². The van der Waals surface area contributed by atoms with E-state index in [9.17, 15) is 9.59 Å². The highest BCUT2D eigenvalue weighted by Gasteiger charge is 2.19. The number of carbonyl (C=O) groups is 2. The van der Waals surface area contributed by atoms with E-state index < -0.39 is 12.2 Å². The number of hydrogen-bond acceptors (Lipinski definition) is 10. The van der Waals surface area contributed by atoms with Gasteiger partial charge in [0.25, 0.3) is 0 Å². The predicted octanol–water partition coefficient (Wildman–Crippen LogP) is 4.59. The van der Waals surface area contributed by atoms with Gasteiger partial charge in [0.05, 0.1) is 12.4 Å². The Labute approximate surface area is 171 Å². The molecule has 8 nitrogen and oxygen atoms in total. The zero-order valence-electron chi connectivity index (χ0n) is 16.2. The highest BCUT2D eigenvalue weighted by molar-refractivity contribution is 8.75. The van der Waals surface area contributed by atoms with E-state index in [1.165, 1.54) is 22.7 Å². The first-order chi connectivity index (χ1) is 11.9. The van der Waals surface area contributed by atoms with E-state index in [1.807, 2.05) is 40.2 Å². The third kappa shape index (κ3) is 11.1. The van der Waals surface area contributed by atoms with E-state index in [0.29, 0.717) is 0 Å². The number of carbonyl (C=O) groups excluding carboxylic acids is 2. The van der Waals surface area contributed by atoms with Crippen LogP contribution < -0.4 is 0 Å². The Morgan fingerprint density at radius 3 is 1.38 bits per heavy atom. The van der Waals surface area contributed by atoms with Crippen LogP contribution in [0.25, 0.3) is 0 Å². The summed E-state index contributed by atoms with van der Waals surface area (Å²) in [7, 11) is 5.00. The van der Waals surface area contributed by atoms with Gasteiger partial charge in [0, 0.05) is 45.5 Å². The molecule has 0 aromatic rings. The molecule has 0 fully saturated rings.